The summed E-state index contributed by atoms with van der Waals surface area (Å²) in [6, 6.07) is 19.8. The Labute approximate surface area is 170 Å². The predicted octanol–water partition coefficient (Wildman–Crippen LogP) is 5.74. The van der Waals surface area contributed by atoms with Crippen LogP contribution in [0.1, 0.15) is 20.7 Å². The van der Waals surface area contributed by atoms with E-state index >= 15 is 0 Å². The van der Waals surface area contributed by atoms with Crippen molar-refractivity contribution in [3.8, 4) is 11.5 Å². The van der Waals surface area contributed by atoms with Crippen LogP contribution in [0.25, 0.3) is 0 Å². The van der Waals surface area contributed by atoms with E-state index in [2.05, 4.69) is 0 Å². The first-order chi connectivity index (χ1) is 13.6. The van der Waals surface area contributed by atoms with Crippen LogP contribution < -0.4 is 9.47 Å². The molecule has 0 atom stereocenters. The van der Waals surface area contributed by atoms with Gasteiger partial charge in [0.25, 0.3) is 0 Å². The van der Waals surface area contributed by atoms with E-state index in [1.165, 1.54) is 0 Å². The average molecular weight is 411 g/mol. The van der Waals surface area contributed by atoms with Gasteiger partial charge in [0.05, 0.1) is 10.0 Å². The number of Topliss-reactive ketones (excluding diaryl/α,β-unsaturated/α-hetero) is 2. The van der Waals surface area contributed by atoms with E-state index in [4.69, 9.17) is 32.7 Å². The maximum atomic E-state index is 13.1. The Bertz CT molecular complexity index is 1050. The van der Waals surface area contributed by atoms with Crippen LogP contribution in [0, 0.1) is 0 Å². The fourth-order valence-electron chi connectivity index (χ4n) is 2.79. The maximum absolute atomic E-state index is 13.1. The molecule has 0 heterocycles. The Morgan fingerprint density at radius 1 is 0.536 bits per heavy atom. The fraction of sp³-hybridized carbons (Fsp3) is 0. The second-order valence-electron chi connectivity index (χ2n) is 5.93. The fourth-order valence-corrected chi connectivity index (χ4v) is 3.14. The molecule has 0 spiro atoms. The molecular weight excluding hydrogens is 399 g/mol. The lowest BCUT2D eigenvalue weighted by Crippen LogP contribution is -2.27. The van der Waals surface area contributed by atoms with Gasteiger partial charge in [0.1, 0.15) is 11.5 Å². The lowest BCUT2D eigenvalue weighted by Gasteiger charge is -2.21. The number of hydrogen-bond acceptors (Lipinski definition) is 4. The molecule has 3 aromatic rings. The Morgan fingerprint density at radius 2 is 0.893 bits per heavy atom. The molecule has 0 amide bonds. The number of carbonyl (C=O) groups is 2. The molecular formula is C22H12Cl2O4. The molecule has 1 aliphatic rings. The minimum Gasteiger partial charge on any atom is -0.448 e. The van der Waals surface area contributed by atoms with E-state index in [9.17, 15) is 9.59 Å². The summed E-state index contributed by atoms with van der Waals surface area (Å²) in [6.45, 7) is 0. The molecule has 0 fully saturated rings. The second-order valence-corrected chi connectivity index (χ2v) is 6.74. The van der Waals surface area contributed by atoms with Crippen molar-refractivity contribution in [2.45, 2.75) is 0 Å². The molecule has 0 radical (unpaired) electrons. The molecule has 6 heteroatoms. The molecule has 138 valence electrons. The highest BCUT2D eigenvalue weighted by atomic mass is 35.5. The van der Waals surface area contributed by atoms with Crippen molar-refractivity contribution >= 4 is 34.8 Å². The van der Waals surface area contributed by atoms with Crippen molar-refractivity contribution in [2.24, 2.45) is 0 Å². The number of carbonyl (C=O) groups excluding carboxylic acids is 2. The number of para-hydroxylation sites is 2. The zero-order valence-corrected chi connectivity index (χ0v) is 15.8. The van der Waals surface area contributed by atoms with Crippen molar-refractivity contribution in [1.82, 2.24) is 0 Å². The Hall–Kier alpha value is -3.08. The van der Waals surface area contributed by atoms with Crippen molar-refractivity contribution in [2.75, 3.05) is 0 Å². The van der Waals surface area contributed by atoms with Crippen molar-refractivity contribution in [1.29, 1.82) is 0 Å². The standard InChI is InChI=1S/C22H12Cl2O4/c23-15-9-3-5-11-17(15)27-21-19(25)13-7-1-2-8-14(13)20(26)22(21)28-18-12-6-4-10-16(18)24/h1-12H. The van der Waals surface area contributed by atoms with Gasteiger partial charge in [-0.15, -0.1) is 0 Å². The van der Waals surface area contributed by atoms with Crippen LogP contribution in [0.15, 0.2) is 84.3 Å². The van der Waals surface area contributed by atoms with Gasteiger partial charge in [-0.25, -0.2) is 0 Å². The van der Waals surface area contributed by atoms with E-state index in [1.807, 2.05) is 0 Å². The zero-order chi connectivity index (χ0) is 19.7. The highest BCUT2D eigenvalue weighted by Gasteiger charge is 2.36. The summed E-state index contributed by atoms with van der Waals surface area (Å²) in [7, 11) is 0. The van der Waals surface area contributed by atoms with Gasteiger partial charge < -0.3 is 9.47 Å². The van der Waals surface area contributed by atoms with Gasteiger partial charge in [0.2, 0.25) is 23.1 Å². The average Bonchev–Trinajstić information content (AvgIpc) is 2.71. The molecule has 0 bridgehead atoms. The van der Waals surface area contributed by atoms with E-state index < -0.39 is 11.6 Å². The van der Waals surface area contributed by atoms with Gasteiger partial charge in [-0.05, 0) is 24.3 Å². The SMILES string of the molecule is O=C1C(Oc2ccccc2Cl)=C(Oc2ccccc2Cl)C(=O)c2ccccc21. The van der Waals surface area contributed by atoms with Gasteiger partial charge in [-0.2, -0.15) is 0 Å². The summed E-state index contributed by atoms with van der Waals surface area (Å²) < 4.78 is 11.5. The number of benzene rings is 3. The number of allylic oxidation sites excluding steroid dienone is 2. The van der Waals surface area contributed by atoms with Gasteiger partial charge in [-0.1, -0.05) is 71.7 Å². The van der Waals surface area contributed by atoms with Crippen molar-refractivity contribution in [3.63, 3.8) is 0 Å². The van der Waals surface area contributed by atoms with Gasteiger partial charge >= 0.3 is 0 Å². The third kappa shape index (κ3) is 3.28. The first kappa shape index (κ1) is 18.3. The van der Waals surface area contributed by atoms with Crippen LogP contribution in [-0.4, -0.2) is 11.6 Å². The normalized spacial score (nSPS) is 13.4. The quantitative estimate of drug-likeness (QED) is 0.549. The lowest BCUT2D eigenvalue weighted by atomic mass is 9.92. The molecule has 0 aromatic heterocycles. The molecule has 3 aromatic carbocycles. The number of rotatable bonds is 4. The largest absolute Gasteiger partial charge is 0.448 e. The molecule has 0 aliphatic heterocycles. The zero-order valence-electron chi connectivity index (χ0n) is 14.3. The van der Waals surface area contributed by atoms with Crippen LogP contribution >= 0.6 is 23.2 Å². The number of fused-ring (bicyclic) bond motifs is 1. The smallest absolute Gasteiger partial charge is 0.233 e. The molecule has 28 heavy (non-hydrogen) atoms. The van der Waals surface area contributed by atoms with Gasteiger partial charge in [0.15, 0.2) is 0 Å². The highest BCUT2D eigenvalue weighted by molar-refractivity contribution is 6.32. The molecule has 1 aliphatic carbocycles. The van der Waals surface area contributed by atoms with Gasteiger partial charge in [0, 0.05) is 11.1 Å². The third-order valence-electron chi connectivity index (χ3n) is 4.13. The van der Waals surface area contributed by atoms with E-state index in [-0.39, 0.29) is 34.1 Å². The monoisotopic (exact) mass is 410 g/mol. The van der Waals surface area contributed by atoms with E-state index in [0.717, 1.165) is 0 Å². The Balaban J connectivity index is 1.86. The second kappa shape index (κ2) is 7.50. The van der Waals surface area contributed by atoms with Crippen LogP contribution in [0.5, 0.6) is 11.5 Å². The summed E-state index contributed by atoms with van der Waals surface area (Å²) >= 11 is 12.3. The van der Waals surface area contributed by atoms with Crippen LogP contribution in [0.4, 0.5) is 0 Å². The van der Waals surface area contributed by atoms with Crippen molar-refractivity contribution in [3.05, 3.63) is 105 Å². The maximum Gasteiger partial charge on any atom is 0.233 e. The third-order valence-corrected chi connectivity index (χ3v) is 4.76. The molecule has 0 unspecified atom stereocenters. The molecule has 4 rings (SSSR count). The first-order valence-electron chi connectivity index (χ1n) is 8.33. The van der Waals surface area contributed by atoms with Gasteiger partial charge in [-0.3, -0.25) is 9.59 Å². The minimum atomic E-state index is -0.475. The summed E-state index contributed by atoms with van der Waals surface area (Å²) in [4.78, 5) is 26.1. The summed E-state index contributed by atoms with van der Waals surface area (Å²) in [5, 5.41) is 0.595. The summed E-state index contributed by atoms with van der Waals surface area (Å²) in [6.07, 6.45) is 0. The van der Waals surface area contributed by atoms with Crippen LogP contribution in [0.2, 0.25) is 10.0 Å². The minimum absolute atomic E-state index is 0.236. The first-order valence-corrected chi connectivity index (χ1v) is 9.09. The molecule has 0 N–H and O–H groups in total. The van der Waals surface area contributed by atoms with E-state index in [0.29, 0.717) is 10.0 Å². The lowest BCUT2D eigenvalue weighted by molar-refractivity contribution is 0.0897. The Morgan fingerprint density at radius 3 is 1.29 bits per heavy atom. The molecule has 4 nitrogen and oxygen atoms in total. The predicted molar refractivity (Wildman–Crippen MR) is 106 cm³/mol. The molecule has 0 saturated carbocycles. The summed E-state index contributed by atoms with van der Waals surface area (Å²) in [5.74, 6) is -0.956. The number of ketones is 2. The van der Waals surface area contributed by atoms with Crippen LogP contribution in [-0.2, 0) is 0 Å². The number of halogens is 2. The van der Waals surface area contributed by atoms with Crippen molar-refractivity contribution < 1.29 is 19.1 Å². The van der Waals surface area contributed by atoms with Crippen LogP contribution in [0.3, 0.4) is 0 Å². The summed E-state index contributed by atoms with van der Waals surface area (Å²) in [5.41, 5.74) is 0.474. The molecule has 0 saturated heterocycles. The van der Waals surface area contributed by atoms with E-state index in [1.54, 1.807) is 72.8 Å². The number of hydrogen-bond donors (Lipinski definition) is 0. The number of ether oxygens (including phenoxy) is 2. The topological polar surface area (TPSA) is 52.6 Å². The Kier molecular flexibility index (Phi) is 4.90. The highest BCUT2D eigenvalue weighted by Crippen LogP contribution is 2.34.